The third-order valence-corrected chi connectivity index (χ3v) is 0.401. The van der Waals surface area contributed by atoms with Gasteiger partial charge in [0.15, 0.2) is 0 Å². The van der Waals surface area contributed by atoms with Crippen molar-refractivity contribution in [3.63, 3.8) is 0 Å². The van der Waals surface area contributed by atoms with Gasteiger partial charge in [-0.25, -0.2) is 0 Å². The molecule has 0 heterocycles. The standard InChI is InChI=1S/C4H8O2.C2H4O2/c5-3-1-2-4-6;1-2(3)4/h1,3,5-6H,2,4H2;1H3,(H,3,4). The predicted octanol–water partition coefficient (Wildman–Crippen LogP) is 0.531. The summed E-state index contributed by atoms with van der Waals surface area (Å²) < 4.78 is 0. The molecule has 3 N–H and O–H groups in total. The summed E-state index contributed by atoms with van der Waals surface area (Å²) in [6.45, 7) is 1.19. The van der Waals surface area contributed by atoms with E-state index in [2.05, 4.69) is 0 Å². The van der Waals surface area contributed by atoms with E-state index in [0.717, 1.165) is 13.2 Å². The highest BCUT2D eigenvalue weighted by atomic mass is 16.4. The number of aliphatic hydroxyl groups is 2. The summed E-state index contributed by atoms with van der Waals surface area (Å²) in [7, 11) is 0. The fourth-order valence-electron chi connectivity index (χ4n) is 0.149. The summed E-state index contributed by atoms with van der Waals surface area (Å²) in [5, 5.41) is 23.4. The first kappa shape index (κ1) is 11.7. The second-order valence-corrected chi connectivity index (χ2v) is 1.42. The summed E-state index contributed by atoms with van der Waals surface area (Å²) in [5.41, 5.74) is 0. The summed E-state index contributed by atoms with van der Waals surface area (Å²) in [4.78, 5) is 9.00. The summed E-state index contributed by atoms with van der Waals surface area (Å²) in [6.07, 6.45) is 2.95. The zero-order valence-corrected chi connectivity index (χ0v) is 5.82. The van der Waals surface area contributed by atoms with Crippen molar-refractivity contribution in [1.29, 1.82) is 0 Å². The average molecular weight is 148 g/mol. The molecule has 60 valence electrons. The van der Waals surface area contributed by atoms with Crippen molar-refractivity contribution in [2.24, 2.45) is 0 Å². The van der Waals surface area contributed by atoms with E-state index < -0.39 is 5.97 Å². The second kappa shape index (κ2) is 10.9. The Hall–Kier alpha value is -1.03. The SMILES string of the molecule is CC(=O)O.OC=CCCO. The molecule has 0 rings (SSSR count). The van der Waals surface area contributed by atoms with Crippen LogP contribution in [0.2, 0.25) is 0 Å². The molecule has 0 bridgehead atoms. The van der Waals surface area contributed by atoms with E-state index in [1.165, 1.54) is 6.08 Å². The van der Waals surface area contributed by atoms with Crippen molar-refractivity contribution in [3.05, 3.63) is 12.3 Å². The highest BCUT2D eigenvalue weighted by Gasteiger charge is 1.67. The van der Waals surface area contributed by atoms with Crippen LogP contribution in [0.5, 0.6) is 0 Å². The van der Waals surface area contributed by atoms with E-state index in [4.69, 9.17) is 20.1 Å². The Labute approximate surface area is 59.4 Å². The van der Waals surface area contributed by atoms with E-state index >= 15 is 0 Å². The number of aliphatic hydroxyl groups excluding tert-OH is 2. The summed E-state index contributed by atoms with van der Waals surface area (Å²) in [5.74, 6) is -0.833. The van der Waals surface area contributed by atoms with Crippen LogP contribution in [0.1, 0.15) is 13.3 Å². The third kappa shape index (κ3) is 64.0. The Kier molecular flexibility index (Phi) is 12.7. The van der Waals surface area contributed by atoms with E-state index in [9.17, 15) is 0 Å². The quantitative estimate of drug-likeness (QED) is 0.499. The van der Waals surface area contributed by atoms with Gasteiger partial charge in [0.1, 0.15) is 0 Å². The molecular formula is C6H12O4. The summed E-state index contributed by atoms with van der Waals surface area (Å²) in [6, 6.07) is 0. The molecule has 0 atom stereocenters. The van der Waals surface area contributed by atoms with Crippen LogP contribution < -0.4 is 0 Å². The van der Waals surface area contributed by atoms with Crippen LogP contribution in [0.25, 0.3) is 0 Å². The third-order valence-electron chi connectivity index (χ3n) is 0.401. The van der Waals surface area contributed by atoms with Crippen LogP contribution in [0, 0.1) is 0 Å². The molecule has 4 nitrogen and oxygen atoms in total. The van der Waals surface area contributed by atoms with Crippen LogP contribution in [0.15, 0.2) is 12.3 Å². The van der Waals surface area contributed by atoms with Crippen LogP contribution >= 0.6 is 0 Å². The molecule has 0 aromatic carbocycles. The van der Waals surface area contributed by atoms with Crippen LogP contribution in [-0.2, 0) is 4.79 Å². The maximum absolute atomic E-state index is 9.00. The lowest BCUT2D eigenvalue weighted by Crippen LogP contribution is -1.78. The largest absolute Gasteiger partial charge is 0.516 e. The number of hydrogen-bond acceptors (Lipinski definition) is 3. The molecule has 10 heavy (non-hydrogen) atoms. The minimum absolute atomic E-state index is 0.108. The first-order valence-corrected chi connectivity index (χ1v) is 2.74. The van der Waals surface area contributed by atoms with Gasteiger partial charge in [0, 0.05) is 13.5 Å². The minimum Gasteiger partial charge on any atom is -0.516 e. The number of aliphatic carboxylic acids is 1. The highest BCUT2D eigenvalue weighted by Crippen LogP contribution is 1.74. The Bertz CT molecular complexity index is 93.9. The molecular weight excluding hydrogens is 136 g/mol. The Morgan fingerprint density at radius 2 is 2.00 bits per heavy atom. The smallest absolute Gasteiger partial charge is 0.300 e. The van der Waals surface area contributed by atoms with Gasteiger partial charge in [-0.1, -0.05) is 0 Å². The van der Waals surface area contributed by atoms with Crippen molar-refractivity contribution in [1.82, 2.24) is 0 Å². The highest BCUT2D eigenvalue weighted by molar-refractivity contribution is 5.62. The van der Waals surface area contributed by atoms with Gasteiger partial charge in [-0.05, 0) is 12.5 Å². The molecule has 4 heteroatoms. The predicted molar refractivity (Wildman–Crippen MR) is 36.8 cm³/mol. The van der Waals surface area contributed by atoms with E-state index in [0.29, 0.717) is 6.42 Å². The van der Waals surface area contributed by atoms with Crippen molar-refractivity contribution in [2.45, 2.75) is 13.3 Å². The average Bonchev–Trinajstić information content (AvgIpc) is 1.82. The Balaban J connectivity index is 0. The number of hydrogen-bond donors (Lipinski definition) is 3. The number of carbonyl (C=O) groups is 1. The van der Waals surface area contributed by atoms with Gasteiger partial charge in [-0.3, -0.25) is 4.79 Å². The lowest BCUT2D eigenvalue weighted by Gasteiger charge is -1.76. The molecule has 0 aliphatic rings. The molecule has 0 aromatic heterocycles. The number of carboxylic acids is 1. The fourth-order valence-corrected chi connectivity index (χ4v) is 0.149. The van der Waals surface area contributed by atoms with E-state index in [-0.39, 0.29) is 6.61 Å². The van der Waals surface area contributed by atoms with Gasteiger partial charge in [0.05, 0.1) is 6.26 Å². The van der Waals surface area contributed by atoms with Gasteiger partial charge in [0.25, 0.3) is 5.97 Å². The lowest BCUT2D eigenvalue weighted by atomic mass is 10.5. The van der Waals surface area contributed by atoms with Crippen LogP contribution in [0.4, 0.5) is 0 Å². The number of carboxylic acid groups (broad SMARTS) is 1. The molecule has 0 saturated carbocycles. The van der Waals surface area contributed by atoms with Gasteiger partial charge in [-0.2, -0.15) is 0 Å². The van der Waals surface area contributed by atoms with Gasteiger partial charge >= 0.3 is 0 Å². The van der Waals surface area contributed by atoms with Crippen molar-refractivity contribution < 1.29 is 20.1 Å². The molecule has 0 fully saturated rings. The minimum atomic E-state index is -0.833. The molecule has 0 saturated heterocycles. The molecule has 0 amide bonds. The van der Waals surface area contributed by atoms with Crippen molar-refractivity contribution >= 4 is 5.97 Å². The zero-order chi connectivity index (χ0) is 8.41. The number of rotatable bonds is 2. The van der Waals surface area contributed by atoms with E-state index in [1.54, 1.807) is 0 Å². The van der Waals surface area contributed by atoms with Crippen LogP contribution in [-0.4, -0.2) is 27.9 Å². The van der Waals surface area contributed by atoms with E-state index in [1.807, 2.05) is 0 Å². The van der Waals surface area contributed by atoms with Gasteiger partial charge < -0.3 is 15.3 Å². The van der Waals surface area contributed by atoms with Gasteiger partial charge in [-0.15, -0.1) is 0 Å². The van der Waals surface area contributed by atoms with Crippen molar-refractivity contribution in [2.75, 3.05) is 6.61 Å². The van der Waals surface area contributed by atoms with Gasteiger partial charge in [0.2, 0.25) is 0 Å². The normalized spacial score (nSPS) is 8.60. The lowest BCUT2D eigenvalue weighted by molar-refractivity contribution is -0.134. The Morgan fingerprint density at radius 1 is 1.60 bits per heavy atom. The maximum atomic E-state index is 9.00. The molecule has 0 aliphatic heterocycles. The fraction of sp³-hybridized carbons (Fsp3) is 0.500. The maximum Gasteiger partial charge on any atom is 0.300 e. The first-order chi connectivity index (χ1) is 4.65. The second-order valence-electron chi connectivity index (χ2n) is 1.42. The zero-order valence-electron chi connectivity index (χ0n) is 5.82. The molecule has 0 spiro atoms. The van der Waals surface area contributed by atoms with Crippen LogP contribution in [0.3, 0.4) is 0 Å². The van der Waals surface area contributed by atoms with Crippen molar-refractivity contribution in [3.8, 4) is 0 Å². The molecule has 0 aromatic rings. The molecule has 0 unspecified atom stereocenters. The first-order valence-electron chi connectivity index (χ1n) is 2.74. The molecule has 0 aliphatic carbocycles. The Morgan fingerprint density at radius 3 is 2.10 bits per heavy atom. The molecule has 0 radical (unpaired) electrons. The summed E-state index contributed by atoms with van der Waals surface area (Å²) >= 11 is 0. The monoisotopic (exact) mass is 148 g/mol. The topological polar surface area (TPSA) is 77.8 Å².